The molecule has 0 amide bonds. The largest absolute Gasteiger partial charge is 0.335 e. The number of benzene rings is 3. The van der Waals surface area contributed by atoms with Crippen LogP contribution in [0.1, 0.15) is 27.6 Å². The van der Waals surface area contributed by atoms with Crippen LogP contribution in [0.3, 0.4) is 0 Å². The van der Waals surface area contributed by atoms with Crippen LogP contribution in [0, 0.1) is 20.2 Å². The lowest BCUT2D eigenvalue weighted by Crippen LogP contribution is -2.24. The van der Waals surface area contributed by atoms with Crippen molar-refractivity contribution in [3.8, 4) is 0 Å². The van der Waals surface area contributed by atoms with Crippen LogP contribution >= 0.6 is 11.8 Å². The van der Waals surface area contributed by atoms with Gasteiger partial charge in [0.05, 0.1) is 20.6 Å². The van der Waals surface area contributed by atoms with E-state index >= 15 is 0 Å². The quantitative estimate of drug-likeness (QED) is 0.111. The van der Waals surface area contributed by atoms with Gasteiger partial charge < -0.3 is 4.90 Å². The molecular weight excluding hydrogens is 458 g/mol. The topological polar surface area (TPSA) is 124 Å². The Morgan fingerprint density at radius 2 is 1.26 bits per heavy atom. The number of nitrogens with zero attached hydrogens (tertiary/aromatic N) is 3. The lowest BCUT2D eigenvalue weighted by molar-refractivity contribution is -0.385. The Bertz CT molecular complexity index is 1280. The number of allylic oxidation sites excluding steroid dienone is 1. The molecule has 1 heterocycles. The molecule has 34 heavy (non-hydrogen) atoms. The van der Waals surface area contributed by atoms with Gasteiger partial charge in [-0.25, -0.2) is 0 Å². The van der Waals surface area contributed by atoms with Gasteiger partial charge in [-0.1, -0.05) is 23.9 Å². The average molecular weight is 475 g/mol. The molecule has 0 bridgehead atoms. The molecule has 1 aliphatic rings. The van der Waals surface area contributed by atoms with E-state index in [1.807, 2.05) is 36.1 Å². The minimum atomic E-state index is -0.591. The van der Waals surface area contributed by atoms with Crippen LogP contribution in [0.5, 0.6) is 0 Å². The molecule has 3 aromatic rings. The van der Waals surface area contributed by atoms with E-state index < -0.39 is 21.4 Å². The predicted octanol–water partition coefficient (Wildman–Crippen LogP) is 5.41. The van der Waals surface area contributed by atoms with Gasteiger partial charge in [-0.05, 0) is 43.3 Å². The lowest BCUT2D eigenvalue weighted by atomic mass is 9.95. The van der Waals surface area contributed by atoms with Crippen LogP contribution in [0.4, 0.5) is 17.1 Å². The first-order valence-electron chi connectivity index (χ1n) is 10.2. The van der Waals surface area contributed by atoms with Crippen molar-refractivity contribution in [2.24, 2.45) is 0 Å². The van der Waals surface area contributed by atoms with Gasteiger partial charge >= 0.3 is 0 Å². The Morgan fingerprint density at radius 3 is 1.71 bits per heavy atom. The second-order valence-electron chi connectivity index (χ2n) is 7.26. The minimum absolute atomic E-state index is 0.106. The fourth-order valence-electron chi connectivity index (χ4n) is 3.59. The van der Waals surface area contributed by atoms with Crippen molar-refractivity contribution in [3.63, 3.8) is 0 Å². The summed E-state index contributed by atoms with van der Waals surface area (Å²) in [7, 11) is 0. The highest BCUT2D eigenvalue weighted by molar-refractivity contribution is 8.03. The minimum Gasteiger partial charge on any atom is -0.335 e. The van der Waals surface area contributed by atoms with Crippen molar-refractivity contribution < 1.29 is 19.4 Å². The molecule has 0 aliphatic carbocycles. The molecule has 10 heteroatoms. The summed E-state index contributed by atoms with van der Waals surface area (Å²) < 4.78 is 0. The number of carbonyl (C=O) groups excluding carboxylic acids is 2. The number of para-hydroxylation sites is 1. The molecule has 170 valence electrons. The van der Waals surface area contributed by atoms with E-state index in [0.29, 0.717) is 11.6 Å². The third-order valence-electron chi connectivity index (χ3n) is 5.27. The van der Waals surface area contributed by atoms with Gasteiger partial charge in [-0.15, -0.1) is 0 Å². The summed E-state index contributed by atoms with van der Waals surface area (Å²) in [5.74, 6) is -1.18. The van der Waals surface area contributed by atoms with E-state index in [-0.39, 0.29) is 28.1 Å². The Labute approximate surface area is 198 Å². The zero-order chi connectivity index (χ0) is 24.4. The van der Waals surface area contributed by atoms with Gasteiger partial charge in [-0.2, -0.15) is 0 Å². The highest BCUT2D eigenvalue weighted by Gasteiger charge is 2.34. The number of fused-ring (bicyclic) bond motifs is 1. The highest BCUT2D eigenvalue weighted by Crippen LogP contribution is 2.47. The molecule has 0 N–H and O–H groups in total. The van der Waals surface area contributed by atoms with Gasteiger partial charge in [0, 0.05) is 46.8 Å². The number of non-ortho nitro benzene ring substituents is 2. The molecule has 0 radical (unpaired) electrons. The second kappa shape index (κ2) is 9.28. The van der Waals surface area contributed by atoms with E-state index in [1.54, 1.807) is 0 Å². The first-order chi connectivity index (χ1) is 16.3. The predicted molar refractivity (Wildman–Crippen MR) is 127 cm³/mol. The third-order valence-corrected chi connectivity index (χ3v) is 6.46. The number of hydrogen-bond donors (Lipinski definition) is 0. The van der Waals surface area contributed by atoms with E-state index in [0.717, 1.165) is 10.6 Å². The Hall–Kier alpha value is -4.31. The summed E-state index contributed by atoms with van der Waals surface area (Å²) in [6.07, 6.45) is 0. The van der Waals surface area contributed by atoms with Crippen LogP contribution < -0.4 is 4.90 Å². The number of hydrogen-bond acceptors (Lipinski definition) is 8. The monoisotopic (exact) mass is 475 g/mol. The zero-order valence-corrected chi connectivity index (χ0v) is 18.7. The molecule has 4 rings (SSSR count). The normalized spacial score (nSPS) is 12.3. The number of Topliss-reactive ketones (excluding diaryl/α,β-unsaturated/α-hetero) is 2. The van der Waals surface area contributed by atoms with E-state index in [4.69, 9.17) is 0 Å². The van der Waals surface area contributed by atoms with Crippen molar-refractivity contribution in [1.29, 1.82) is 0 Å². The average Bonchev–Trinajstić information content (AvgIpc) is 3.22. The first-order valence-corrected chi connectivity index (χ1v) is 11.0. The van der Waals surface area contributed by atoms with Crippen LogP contribution in [0.15, 0.2) is 88.3 Å². The SMILES string of the molecule is CCN1C(=C(C(=O)c2ccc([N+](=O)[O-])cc2)C(=O)c2ccc([N+](=O)[O-])cc2)Sc2ccccc21. The van der Waals surface area contributed by atoms with Crippen molar-refractivity contribution >= 4 is 40.4 Å². The summed E-state index contributed by atoms with van der Waals surface area (Å²) in [6.45, 7) is 2.39. The van der Waals surface area contributed by atoms with Crippen LogP contribution in [0.25, 0.3) is 0 Å². The number of nitro groups is 2. The van der Waals surface area contributed by atoms with Gasteiger partial charge in [-0.3, -0.25) is 29.8 Å². The molecular formula is C24H17N3O6S. The molecule has 0 aromatic heterocycles. The number of rotatable bonds is 7. The van der Waals surface area contributed by atoms with Gasteiger partial charge in [0.1, 0.15) is 5.57 Å². The Kier molecular flexibility index (Phi) is 6.24. The molecule has 3 aromatic carbocycles. The smallest absolute Gasteiger partial charge is 0.269 e. The maximum atomic E-state index is 13.6. The third kappa shape index (κ3) is 4.18. The summed E-state index contributed by atoms with van der Waals surface area (Å²) >= 11 is 1.29. The van der Waals surface area contributed by atoms with E-state index in [1.165, 1.54) is 60.3 Å². The molecule has 0 saturated carbocycles. The standard InChI is InChI=1S/C24H17N3O6S/c1-2-25-19-5-3-4-6-20(19)34-24(25)21(22(28)15-7-11-17(12-8-15)26(30)31)23(29)16-9-13-18(14-10-16)27(32)33/h3-14H,2H2,1H3. The molecule has 0 spiro atoms. The zero-order valence-electron chi connectivity index (χ0n) is 17.8. The van der Waals surface area contributed by atoms with Crippen molar-refractivity contribution in [1.82, 2.24) is 0 Å². The van der Waals surface area contributed by atoms with Crippen LogP contribution in [-0.4, -0.2) is 28.0 Å². The van der Waals surface area contributed by atoms with Crippen molar-refractivity contribution in [2.45, 2.75) is 11.8 Å². The number of ketones is 2. The summed E-state index contributed by atoms with van der Waals surface area (Å²) in [4.78, 5) is 50.8. The van der Waals surface area contributed by atoms with E-state index in [9.17, 15) is 29.8 Å². The number of nitro benzene ring substituents is 2. The van der Waals surface area contributed by atoms with Gasteiger partial charge in [0.15, 0.2) is 11.6 Å². The molecule has 9 nitrogen and oxygen atoms in total. The molecule has 0 atom stereocenters. The lowest BCUT2D eigenvalue weighted by Gasteiger charge is -2.21. The number of thioether (sulfide) groups is 1. The maximum Gasteiger partial charge on any atom is 0.269 e. The van der Waals surface area contributed by atoms with Gasteiger partial charge in [0.2, 0.25) is 0 Å². The highest BCUT2D eigenvalue weighted by atomic mass is 32.2. The van der Waals surface area contributed by atoms with Crippen molar-refractivity contribution in [2.75, 3.05) is 11.4 Å². The van der Waals surface area contributed by atoms with E-state index in [2.05, 4.69) is 0 Å². The first kappa shape index (κ1) is 22.9. The Morgan fingerprint density at radius 1 is 0.794 bits per heavy atom. The molecule has 1 aliphatic heterocycles. The molecule has 0 fully saturated rings. The summed E-state index contributed by atoms with van der Waals surface area (Å²) in [5.41, 5.74) is 0.642. The van der Waals surface area contributed by atoms with Crippen LogP contribution in [-0.2, 0) is 0 Å². The molecule has 0 saturated heterocycles. The van der Waals surface area contributed by atoms with Crippen LogP contribution in [0.2, 0.25) is 0 Å². The fourth-order valence-corrected chi connectivity index (χ4v) is 4.85. The summed E-state index contributed by atoms with van der Waals surface area (Å²) in [5, 5.41) is 22.4. The number of carbonyl (C=O) groups is 2. The van der Waals surface area contributed by atoms with Crippen molar-refractivity contribution in [3.05, 3.63) is 115 Å². The summed E-state index contributed by atoms with van der Waals surface area (Å²) in [6, 6.07) is 17.6. The van der Waals surface area contributed by atoms with Gasteiger partial charge in [0.25, 0.3) is 11.4 Å². The molecule has 0 unspecified atom stereocenters. The second-order valence-corrected chi connectivity index (χ2v) is 8.29. The Balaban J connectivity index is 1.85. The maximum absolute atomic E-state index is 13.6. The number of anilines is 1. The fraction of sp³-hybridized carbons (Fsp3) is 0.0833.